The zero-order valence-electron chi connectivity index (χ0n) is 10.3. The van der Waals surface area contributed by atoms with Crippen molar-refractivity contribution in [2.24, 2.45) is 7.05 Å². The Balaban J connectivity index is 2.17. The van der Waals surface area contributed by atoms with Gasteiger partial charge in [-0.25, -0.2) is 4.98 Å². The van der Waals surface area contributed by atoms with Crippen molar-refractivity contribution in [1.29, 1.82) is 0 Å². The van der Waals surface area contributed by atoms with Gasteiger partial charge in [0, 0.05) is 38.6 Å². The molecule has 0 aliphatic carbocycles. The molecule has 0 atom stereocenters. The molecule has 0 amide bonds. The van der Waals surface area contributed by atoms with Crippen LogP contribution in [-0.4, -0.2) is 22.6 Å². The fourth-order valence-corrected chi connectivity index (χ4v) is 1.39. The van der Waals surface area contributed by atoms with Crippen LogP contribution < -0.4 is 10.6 Å². The molecule has 0 saturated heterocycles. The summed E-state index contributed by atoms with van der Waals surface area (Å²) < 4.78 is 2.01. The Labute approximate surface area is 103 Å². The van der Waals surface area contributed by atoms with Crippen molar-refractivity contribution in [3.05, 3.63) is 55.3 Å². The van der Waals surface area contributed by atoms with E-state index < -0.39 is 0 Å². The molecule has 0 bridgehead atoms. The molecule has 4 heteroatoms. The Morgan fingerprint density at radius 2 is 2.29 bits per heavy atom. The van der Waals surface area contributed by atoms with E-state index >= 15 is 0 Å². The molecule has 0 saturated carbocycles. The SMILES string of the molecule is C=C/C=C(\C=C)NCCNCc1cncn1C. The molecular weight excluding hydrogens is 212 g/mol. The Bertz CT molecular complexity index is 390. The molecule has 1 rings (SSSR count). The summed E-state index contributed by atoms with van der Waals surface area (Å²) >= 11 is 0. The minimum Gasteiger partial charge on any atom is -0.384 e. The summed E-state index contributed by atoms with van der Waals surface area (Å²) in [6, 6.07) is 0. The van der Waals surface area contributed by atoms with Gasteiger partial charge in [0.15, 0.2) is 0 Å². The number of nitrogens with one attached hydrogen (secondary N) is 2. The highest BCUT2D eigenvalue weighted by atomic mass is 15.0. The van der Waals surface area contributed by atoms with Crippen molar-refractivity contribution in [3.8, 4) is 0 Å². The highest BCUT2D eigenvalue weighted by Crippen LogP contribution is 1.94. The molecule has 0 spiro atoms. The van der Waals surface area contributed by atoms with Gasteiger partial charge in [-0.15, -0.1) is 0 Å². The fourth-order valence-electron chi connectivity index (χ4n) is 1.39. The van der Waals surface area contributed by atoms with Crippen LogP contribution in [0, 0.1) is 0 Å². The van der Waals surface area contributed by atoms with Crippen LogP contribution in [0.2, 0.25) is 0 Å². The summed E-state index contributed by atoms with van der Waals surface area (Å²) in [5, 5.41) is 6.59. The Hall–Kier alpha value is -1.81. The normalized spacial score (nSPS) is 11.2. The highest BCUT2D eigenvalue weighted by Gasteiger charge is 1.96. The highest BCUT2D eigenvalue weighted by molar-refractivity contribution is 5.18. The molecule has 0 aliphatic heterocycles. The summed E-state index contributed by atoms with van der Waals surface area (Å²) in [6.45, 7) is 9.93. The number of rotatable bonds is 8. The van der Waals surface area contributed by atoms with Gasteiger partial charge in [0.2, 0.25) is 0 Å². The molecule has 2 N–H and O–H groups in total. The third-order valence-corrected chi connectivity index (χ3v) is 2.37. The van der Waals surface area contributed by atoms with Gasteiger partial charge in [0.1, 0.15) is 0 Å². The van der Waals surface area contributed by atoms with Gasteiger partial charge >= 0.3 is 0 Å². The van der Waals surface area contributed by atoms with E-state index in [2.05, 4.69) is 28.8 Å². The average molecular weight is 232 g/mol. The van der Waals surface area contributed by atoms with Crippen molar-refractivity contribution in [3.63, 3.8) is 0 Å². The molecule has 1 heterocycles. The lowest BCUT2D eigenvalue weighted by molar-refractivity contribution is 0.632. The van der Waals surface area contributed by atoms with Crippen LogP contribution in [0.1, 0.15) is 5.69 Å². The van der Waals surface area contributed by atoms with Crippen LogP contribution in [0.5, 0.6) is 0 Å². The van der Waals surface area contributed by atoms with Crippen LogP contribution in [0.3, 0.4) is 0 Å². The lowest BCUT2D eigenvalue weighted by Gasteiger charge is -2.08. The van der Waals surface area contributed by atoms with E-state index in [0.29, 0.717) is 0 Å². The van der Waals surface area contributed by atoms with Crippen molar-refractivity contribution >= 4 is 0 Å². The maximum atomic E-state index is 4.06. The van der Waals surface area contributed by atoms with E-state index in [0.717, 1.165) is 25.3 Å². The van der Waals surface area contributed by atoms with Crippen molar-refractivity contribution < 1.29 is 0 Å². The number of aryl methyl sites for hydroxylation is 1. The molecule has 1 aromatic heterocycles. The summed E-state index contributed by atoms with van der Waals surface area (Å²) in [5.74, 6) is 0. The first kappa shape index (κ1) is 13.3. The summed E-state index contributed by atoms with van der Waals surface area (Å²) in [6.07, 6.45) is 9.09. The van der Waals surface area contributed by atoms with Crippen molar-refractivity contribution in [1.82, 2.24) is 20.2 Å². The first-order valence-corrected chi connectivity index (χ1v) is 5.63. The van der Waals surface area contributed by atoms with Gasteiger partial charge < -0.3 is 15.2 Å². The second-order valence-electron chi connectivity index (χ2n) is 3.66. The van der Waals surface area contributed by atoms with E-state index in [-0.39, 0.29) is 0 Å². The summed E-state index contributed by atoms with van der Waals surface area (Å²) in [7, 11) is 1.99. The predicted molar refractivity (Wildman–Crippen MR) is 71.4 cm³/mol. The first-order valence-electron chi connectivity index (χ1n) is 5.63. The zero-order valence-corrected chi connectivity index (χ0v) is 10.3. The van der Waals surface area contributed by atoms with Crippen LogP contribution in [0.4, 0.5) is 0 Å². The van der Waals surface area contributed by atoms with E-state index in [4.69, 9.17) is 0 Å². The number of hydrogen-bond donors (Lipinski definition) is 2. The molecule has 92 valence electrons. The number of hydrogen-bond acceptors (Lipinski definition) is 3. The van der Waals surface area contributed by atoms with E-state index in [1.54, 1.807) is 18.5 Å². The third-order valence-electron chi connectivity index (χ3n) is 2.37. The minimum absolute atomic E-state index is 0.826. The molecular formula is C13H20N4. The maximum absolute atomic E-state index is 4.06. The number of aromatic nitrogens is 2. The molecule has 0 unspecified atom stereocenters. The Morgan fingerprint density at radius 3 is 2.88 bits per heavy atom. The monoisotopic (exact) mass is 232 g/mol. The Morgan fingerprint density at radius 1 is 1.47 bits per heavy atom. The van der Waals surface area contributed by atoms with Gasteiger partial charge in [-0.05, 0) is 12.2 Å². The second-order valence-corrected chi connectivity index (χ2v) is 3.66. The molecule has 0 aromatic carbocycles. The smallest absolute Gasteiger partial charge is 0.0945 e. The lowest BCUT2D eigenvalue weighted by Crippen LogP contribution is -2.26. The van der Waals surface area contributed by atoms with Crippen LogP contribution >= 0.6 is 0 Å². The maximum Gasteiger partial charge on any atom is 0.0945 e. The summed E-state index contributed by atoms with van der Waals surface area (Å²) in [5.41, 5.74) is 2.16. The van der Waals surface area contributed by atoms with Gasteiger partial charge in [-0.1, -0.05) is 19.2 Å². The largest absolute Gasteiger partial charge is 0.384 e. The second kappa shape index (κ2) is 7.46. The molecule has 1 aromatic rings. The van der Waals surface area contributed by atoms with Crippen molar-refractivity contribution in [2.75, 3.05) is 13.1 Å². The van der Waals surface area contributed by atoms with Crippen molar-refractivity contribution in [2.45, 2.75) is 6.54 Å². The van der Waals surface area contributed by atoms with Crippen LogP contribution in [-0.2, 0) is 13.6 Å². The van der Waals surface area contributed by atoms with Gasteiger partial charge in [0.05, 0.1) is 12.0 Å². The minimum atomic E-state index is 0.826. The first-order chi connectivity index (χ1) is 8.27. The van der Waals surface area contributed by atoms with Gasteiger partial charge in [0.25, 0.3) is 0 Å². The fraction of sp³-hybridized carbons (Fsp3) is 0.308. The molecule has 0 fully saturated rings. The average Bonchev–Trinajstić information content (AvgIpc) is 2.73. The third kappa shape index (κ3) is 4.70. The molecule has 0 aliphatic rings. The van der Waals surface area contributed by atoms with E-state index in [9.17, 15) is 0 Å². The summed E-state index contributed by atoms with van der Waals surface area (Å²) in [4.78, 5) is 4.06. The lowest BCUT2D eigenvalue weighted by atomic mass is 10.3. The Kier molecular flexibility index (Phi) is 5.82. The zero-order chi connectivity index (χ0) is 12.5. The topological polar surface area (TPSA) is 41.9 Å². The van der Waals surface area contributed by atoms with E-state index in [1.165, 1.54) is 5.69 Å². The number of imidazole rings is 1. The van der Waals surface area contributed by atoms with E-state index in [1.807, 2.05) is 23.9 Å². The molecule has 4 nitrogen and oxygen atoms in total. The molecule has 0 radical (unpaired) electrons. The quantitative estimate of drug-likeness (QED) is 0.525. The number of nitrogens with zero attached hydrogens (tertiary/aromatic N) is 2. The van der Waals surface area contributed by atoms with Gasteiger partial charge in [-0.3, -0.25) is 0 Å². The predicted octanol–water partition coefficient (Wildman–Crippen LogP) is 1.36. The molecule has 17 heavy (non-hydrogen) atoms. The van der Waals surface area contributed by atoms with Crippen LogP contribution in [0.25, 0.3) is 0 Å². The number of allylic oxidation sites excluding steroid dienone is 3. The van der Waals surface area contributed by atoms with Gasteiger partial charge in [-0.2, -0.15) is 0 Å². The van der Waals surface area contributed by atoms with Crippen LogP contribution in [0.15, 0.2) is 49.6 Å². The standard InChI is InChI=1S/C13H20N4/c1-4-6-12(5-2)16-8-7-14-9-13-10-15-11-17(13)3/h4-6,10-11,14,16H,1-2,7-9H2,3H3/b12-6+.